The Labute approximate surface area is 235 Å². The summed E-state index contributed by atoms with van der Waals surface area (Å²) in [4.78, 5) is 62.8. The molecule has 20 heteroatoms. The minimum absolute atomic E-state index is 0.0738. The van der Waals surface area contributed by atoms with Gasteiger partial charge in [-0.3, -0.25) is 18.9 Å². The number of hydrogen-bond donors (Lipinski definition) is 4. The Kier molecular flexibility index (Phi) is 7.45. The van der Waals surface area contributed by atoms with Crippen molar-refractivity contribution in [1.29, 1.82) is 0 Å². The fourth-order valence-corrected chi connectivity index (χ4v) is 6.79. The van der Waals surface area contributed by atoms with Gasteiger partial charge < -0.3 is 30.8 Å². The lowest BCUT2D eigenvalue weighted by atomic mass is 10.1. The molecule has 5 N–H and O–H groups in total. The zero-order chi connectivity index (χ0) is 28.6. The van der Waals surface area contributed by atoms with Gasteiger partial charge in [-0.1, -0.05) is 5.16 Å². The van der Waals surface area contributed by atoms with Crippen molar-refractivity contribution >= 4 is 75.4 Å². The Hall–Kier alpha value is -4.43. The minimum Gasteiger partial charge on any atom is -0.477 e. The number of nitrogens with one attached hydrogen (secondary N) is 1. The smallest absolute Gasteiger partial charge is 0.477 e. The van der Waals surface area contributed by atoms with Crippen LogP contribution in [0.5, 0.6) is 0 Å². The number of rotatable bonds is 9. The molecule has 1 saturated heterocycles. The van der Waals surface area contributed by atoms with Gasteiger partial charge in [0.25, 0.3) is 17.6 Å². The van der Waals surface area contributed by atoms with Crippen LogP contribution in [0.15, 0.2) is 39.4 Å². The standard InChI is InChI=1S/C20H17N9O8S3/c1-36-27-11(9-5-40-18(21)23-9)13(30)25-12-14(31)29-15(37-20(34)35)7(4-39-16(12)29)3-38-10-2-8(17(32)33)24-19-26-22-6-28(10)19/h2,5-6,12,16H,3-4H2,1H3,(H2,21,23)(H,25,30)(H,32,33)(H,34,35)/b27-11-/t12-,16-/m1/s1. The average Bonchev–Trinajstić information content (AvgIpc) is 3.57. The van der Waals surface area contributed by atoms with Crippen LogP contribution in [0.4, 0.5) is 9.93 Å². The highest BCUT2D eigenvalue weighted by Crippen LogP contribution is 2.42. The maximum Gasteiger partial charge on any atom is 0.512 e. The maximum absolute atomic E-state index is 13.1. The van der Waals surface area contributed by atoms with E-state index in [4.69, 9.17) is 15.3 Å². The predicted molar refractivity (Wildman–Crippen MR) is 140 cm³/mol. The summed E-state index contributed by atoms with van der Waals surface area (Å²) in [7, 11) is 1.25. The molecule has 0 aliphatic carbocycles. The molecule has 2 atom stereocenters. The Morgan fingerprint density at radius 2 is 2.10 bits per heavy atom. The summed E-state index contributed by atoms with van der Waals surface area (Å²) in [5, 5.41) is 34.0. The van der Waals surface area contributed by atoms with E-state index in [2.05, 4.69) is 30.6 Å². The number of nitrogen functional groups attached to an aromatic ring is 1. The first-order valence-electron chi connectivity index (χ1n) is 11.0. The van der Waals surface area contributed by atoms with Crippen molar-refractivity contribution in [2.45, 2.75) is 16.4 Å². The summed E-state index contributed by atoms with van der Waals surface area (Å²) < 4.78 is 6.48. The molecular formula is C20H17N9O8S3. The molecule has 1 fully saturated rings. The molecule has 2 aliphatic heterocycles. The van der Waals surface area contributed by atoms with Crippen LogP contribution in [0.2, 0.25) is 0 Å². The number of anilines is 1. The highest BCUT2D eigenvalue weighted by molar-refractivity contribution is 8.01. The number of hydrogen-bond acceptors (Lipinski definition) is 15. The number of thioether (sulfide) groups is 2. The molecule has 0 spiro atoms. The fourth-order valence-electron chi connectivity index (χ4n) is 3.78. The highest BCUT2D eigenvalue weighted by atomic mass is 32.2. The van der Waals surface area contributed by atoms with Gasteiger partial charge in [0.2, 0.25) is 5.88 Å². The number of fused-ring (bicyclic) bond motifs is 2. The van der Waals surface area contributed by atoms with Gasteiger partial charge in [0.1, 0.15) is 30.5 Å². The van der Waals surface area contributed by atoms with Crippen LogP contribution in [0.3, 0.4) is 0 Å². The average molecular weight is 608 g/mol. The number of β-lactam (4-membered cyclic amide) rings is 1. The van der Waals surface area contributed by atoms with E-state index in [-0.39, 0.29) is 45.4 Å². The van der Waals surface area contributed by atoms with Crippen LogP contribution in [0.1, 0.15) is 16.2 Å². The SMILES string of the molecule is CO/N=C(\C(=O)N[C@@H]1C(=O)N2C(OC(=O)O)=C(CSc3cc(C(=O)O)nc4nncn34)CS[C@H]12)c1csc(N)n1. The molecule has 0 bridgehead atoms. The van der Waals surface area contributed by atoms with Crippen LogP contribution in [0, 0.1) is 0 Å². The van der Waals surface area contributed by atoms with Crippen molar-refractivity contribution in [3.05, 3.63) is 40.6 Å². The third-order valence-electron chi connectivity index (χ3n) is 5.49. The third-order valence-corrected chi connectivity index (χ3v) is 8.60. The number of thiazole rings is 1. The van der Waals surface area contributed by atoms with Crippen molar-refractivity contribution in [2.24, 2.45) is 5.16 Å². The molecule has 3 aromatic heterocycles. The summed E-state index contributed by atoms with van der Waals surface area (Å²) in [6.07, 6.45) is -0.268. The van der Waals surface area contributed by atoms with Gasteiger partial charge >= 0.3 is 12.1 Å². The maximum atomic E-state index is 13.1. The number of aromatic nitrogens is 5. The molecule has 0 radical (unpaired) electrons. The van der Waals surface area contributed by atoms with Gasteiger partial charge in [0.15, 0.2) is 16.5 Å². The lowest BCUT2D eigenvalue weighted by Crippen LogP contribution is -2.70. The number of nitrogens with zero attached hydrogens (tertiary/aromatic N) is 7. The number of carbonyl (C=O) groups is 4. The lowest BCUT2D eigenvalue weighted by Gasteiger charge is -2.49. The summed E-state index contributed by atoms with van der Waals surface area (Å²) >= 11 is 3.53. The third kappa shape index (κ3) is 5.10. The second-order valence-corrected chi connectivity index (χ2v) is 10.9. The van der Waals surface area contributed by atoms with E-state index >= 15 is 0 Å². The number of oxime groups is 1. The van der Waals surface area contributed by atoms with Gasteiger partial charge in [0, 0.05) is 28.5 Å². The second-order valence-electron chi connectivity index (χ2n) is 7.91. The fraction of sp³-hybridized carbons (Fsp3) is 0.250. The van der Waals surface area contributed by atoms with Crippen molar-refractivity contribution in [3.63, 3.8) is 0 Å². The molecular weight excluding hydrogens is 590 g/mol. The lowest BCUT2D eigenvalue weighted by molar-refractivity contribution is -0.148. The molecule has 2 amide bonds. The summed E-state index contributed by atoms with van der Waals surface area (Å²) in [5.41, 5.74) is 5.84. The monoisotopic (exact) mass is 607 g/mol. The normalized spacial score (nSPS) is 18.8. The first-order valence-corrected chi connectivity index (χ1v) is 13.9. The molecule has 17 nitrogen and oxygen atoms in total. The molecule has 40 heavy (non-hydrogen) atoms. The summed E-state index contributed by atoms with van der Waals surface area (Å²) in [6, 6.07) is 0.322. The Morgan fingerprint density at radius 3 is 2.77 bits per heavy atom. The van der Waals surface area contributed by atoms with Crippen LogP contribution < -0.4 is 11.1 Å². The largest absolute Gasteiger partial charge is 0.512 e. The van der Waals surface area contributed by atoms with Gasteiger partial charge in [-0.15, -0.1) is 45.1 Å². The van der Waals surface area contributed by atoms with Crippen molar-refractivity contribution in [3.8, 4) is 0 Å². The number of carbonyl (C=O) groups excluding carboxylic acids is 2. The van der Waals surface area contributed by atoms with Gasteiger partial charge in [-0.2, -0.15) is 0 Å². The molecule has 2 aliphatic rings. The molecule has 0 unspecified atom stereocenters. The highest BCUT2D eigenvalue weighted by Gasteiger charge is 2.54. The van der Waals surface area contributed by atoms with Crippen molar-refractivity contribution < 1.29 is 39.0 Å². The van der Waals surface area contributed by atoms with E-state index in [0.29, 0.717) is 10.6 Å². The Bertz CT molecular complexity index is 1600. The first kappa shape index (κ1) is 27.1. The van der Waals surface area contributed by atoms with Crippen LogP contribution in [0.25, 0.3) is 5.78 Å². The molecule has 208 valence electrons. The molecule has 5 heterocycles. The molecule has 5 rings (SSSR count). The number of ether oxygens (including phenoxy) is 1. The molecule has 3 aromatic rings. The van der Waals surface area contributed by atoms with E-state index in [0.717, 1.165) is 28.0 Å². The van der Waals surface area contributed by atoms with Crippen LogP contribution in [-0.2, 0) is 19.2 Å². The topological polar surface area (TPSA) is 237 Å². The van der Waals surface area contributed by atoms with Crippen LogP contribution in [-0.4, -0.2) is 99.4 Å². The molecule has 0 aromatic carbocycles. The number of amides is 2. The number of carboxylic acids is 1. The van der Waals surface area contributed by atoms with E-state index in [9.17, 15) is 29.4 Å². The summed E-state index contributed by atoms with van der Waals surface area (Å²) in [6.45, 7) is 0. The first-order chi connectivity index (χ1) is 19.2. The second kappa shape index (κ2) is 11.0. The van der Waals surface area contributed by atoms with Crippen molar-refractivity contribution in [2.75, 3.05) is 24.3 Å². The van der Waals surface area contributed by atoms with E-state index in [1.165, 1.54) is 41.0 Å². The Balaban J connectivity index is 1.36. The Morgan fingerprint density at radius 1 is 1.30 bits per heavy atom. The predicted octanol–water partition coefficient (Wildman–Crippen LogP) is 0.310. The number of aromatic carboxylic acids is 1. The number of nitrogens with two attached hydrogens (primary N) is 1. The van der Waals surface area contributed by atoms with Crippen LogP contribution >= 0.6 is 34.9 Å². The number of carboxylic acid groups (broad SMARTS) is 2. The van der Waals surface area contributed by atoms with E-state index in [1.807, 2.05) is 0 Å². The van der Waals surface area contributed by atoms with E-state index in [1.54, 1.807) is 0 Å². The van der Waals surface area contributed by atoms with Crippen molar-refractivity contribution in [1.82, 2.24) is 34.8 Å². The quantitative estimate of drug-likeness (QED) is 0.0639. The summed E-state index contributed by atoms with van der Waals surface area (Å²) in [5.74, 6) is -2.31. The van der Waals surface area contributed by atoms with Gasteiger partial charge in [-0.05, 0) is 0 Å². The van der Waals surface area contributed by atoms with Gasteiger partial charge in [-0.25, -0.2) is 19.6 Å². The molecule has 0 saturated carbocycles. The van der Waals surface area contributed by atoms with E-state index < -0.39 is 35.4 Å². The minimum atomic E-state index is -1.63. The zero-order valence-corrected chi connectivity index (χ0v) is 22.5. The zero-order valence-electron chi connectivity index (χ0n) is 20.1. The van der Waals surface area contributed by atoms with Gasteiger partial charge in [0.05, 0.1) is 5.03 Å².